The number of methoxy groups -OCH3 is 1. The van der Waals surface area contributed by atoms with Crippen LogP contribution in [0.2, 0.25) is 0 Å². The Morgan fingerprint density at radius 3 is 2.65 bits per heavy atom. The number of nitrogens with zero attached hydrogens (tertiary/aromatic N) is 4. The Kier molecular flexibility index (Phi) is 3.34. The van der Waals surface area contributed by atoms with Gasteiger partial charge in [0, 0.05) is 24.5 Å². The van der Waals surface area contributed by atoms with Gasteiger partial charge in [-0.3, -0.25) is 4.68 Å². The van der Waals surface area contributed by atoms with Gasteiger partial charge in [-0.1, -0.05) is 0 Å². The number of hydrogen-bond donors (Lipinski definition) is 1. The van der Waals surface area contributed by atoms with E-state index in [2.05, 4.69) is 15.1 Å². The molecule has 2 aromatic heterocycles. The highest BCUT2D eigenvalue weighted by atomic mass is 16.5. The molecule has 0 saturated heterocycles. The van der Waals surface area contributed by atoms with E-state index in [1.165, 1.54) is 6.33 Å². The summed E-state index contributed by atoms with van der Waals surface area (Å²) in [5, 5.41) is 4.22. The lowest BCUT2D eigenvalue weighted by atomic mass is 10.1. The summed E-state index contributed by atoms with van der Waals surface area (Å²) in [6, 6.07) is -0.339. The molecule has 0 fully saturated rings. The normalized spacial score (nSPS) is 12.4. The molecule has 0 saturated carbocycles. The molecule has 0 aliphatic carbocycles. The van der Waals surface area contributed by atoms with E-state index in [1.807, 2.05) is 11.6 Å². The van der Waals surface area contributed by atoms with Crippen LogP contribution in [0.25, 0.3) is 0 Å². The molecule has 0 aromatic carbocycles. The van der Waals surface area contributed by atoms with Crippen molar-refractivity contribution in [3.05, 3.63) is 36.2 Å². The van der Waals surface area contributed by atoms with E-state index < -0.39 is 0 Å². The van der Waals surface area contributed by atoms with Crippen LogP contribution in [0, 0.1) is 0 Å². The zero-order valence-electron chi connectivity index (χ0n) is 9.87. The fourth-order valence-corrected chi connectivity index (χ4v) is 1.73. The standard InChI is InChI=1S/C11H15N5O/c1-3-16-11(9(17-2)6-15-16)10(12)8-4-13-7-14-5-8/h4-7,10H,3,12H2,1-2H3. The summed E-state index contributed by atoms with van der Waals surface area (Å²) in [4.78, 5) is 7.93. The second-order valence-corrected chi connectivity index (χ2v) is 3.56. The Morgan fingerprint density at radius 2 is 2.06 bits per heavy atom. The van der Waals surface area contributed by atoms with Crippen molar-refractivity contribution in [3.63, 3.8) is 0 Å². The number of rotatable bonds is 4. The molecule has 6 nitrogen and oxygen atoms in total. The van der Waals surface area contributed by atoms with E-state index in [0.717, 1.165) is 17.8 Å². The third-order valence-corrected chi connectivity index (χ3v) is 2.60. The minimum Gasteiger partial charge on any atom is -0.493 e. The van der Waals surface area contributed by atoms with Gasteiger partial charge in [0.2, 0.25) is 0 Å². The zero-order valence-corrected chi connectivity index (χ0v) is 9.87. The molecule has 1 unspecified atom stereocenters. The van der Waals surface area contributed by atoms with Crippen molar-refractivity contribution in [2.45, 2.75) is 19.5 Å². The molecule has 6 heteroatoms. The number of hydrogen-bond acceptors (Lipinski definition) is 5. The quantitative estimate of drug-likeness (QED) is 0.843. The van der Waals surface area contributed by atoms with Crippen LogP contribution in [0.5, 0.6) is 5.75 Å². The van der Waals surface area contributed by atoms with Gasteiger partial charge in [0.05, 0.1) is 19.3 Å². The van der Waals surface area contributed by atoms with Gasteiger partial charge in [0.25, 0.3) is 0 Å². The van der Waals surface area contributed by atoms with E-state index in [-0.39, 0.29) is 6.04 Å². The summed E-state index contributed by atoms with van der Waals surface area (Å²) < 4.78 is 7.08. The summed E-state index contributed by atoms with van der Waals surface area (Å²) in [6.07, 6.45) is 6.54. The van der Waals surface area contributed by atoms with Gasteiger partial charge in [0.15, 0.2) is 5.75 Å². The Balaban J connectivity index is 2.42. The Morgan fingerprint density at radius 1 is 1.35 bits per heavy atom. The third kappa shape index (κ3) is 2.12. The second kappa shape index (κ2) is 4.92. The van der Waals surface area contributed by atoms with Gasteiger partial charge in [-0.15, -0.1) is 0 Å². The number of nitrogens with two attached hydrogens (primary N) is 1. The van der Waals surface area contributed by atoms with Crippen LogP contribution in [0.3, 0.4) is 0 Å². The molecule has 90 valence electrons. The highest BCUT2D eigenvalue weighted by molar-refractivity contribution is 5.34. The number of aryl methyl sites for hydroxylation is 1. The highest BCUT2D eigenvalue weighted by Gasteiger charge is 2.19. The van der Waals surface area contributed by atoms with Crippen LogP contribution in [0.4, 0.5) is 0 Å². The molecule has 0 amide bonds. The molecule has 0 radical (unpaired) electrons. The van der Waals surface area contributed by atoms with Gasteiger partial charge in [0.1, 0.15) is 12.0 Å². The molecular weight excluding hydrogens is 218 g/mol. The molecule has 17 heavy (non-hydrogen) atoms. The molecule has 0 aliphatic rings. The first-order valence-corrected chi connectivity index (χ1v) is 5.38. The fraction of sp³-hybridized carbons (Fsp3) is 0.364. The van der Waals surface area contributed by atoms with Crippen LogP contribution in [-0.4, -0.2) is 26.9 Å². The predicted molar refractivity (Wildman–Crippen MR) is 62.5 cm³/mol. The summed E-state index contributed by atoms with van der Waals surface area (Å²) in [6.45, 7) is 2.74. The lowest BCUT2D eigenvalue weighted by molar-refractivity contribution is 0.404. The van der Waals surface area contributed by atoms with Crippen molar-refractivity contribution in [1.82, 2.24) is 19.7 Å². The largest absolute Gasteiger partial charge is 0.493 e. The van der Waals surface area contributed by atoms with Crippen LogP contribution in [0.15, 0.2) is 24.9 Å². The van der Waals surface area contributed by atoms with Crippen LogP contribution < -0.4 is 10.5 Å². The van der Waals surface area contributed by atoms with Crippen LogP contribution in [-0.2, 0) is 6.54 Å². The van der Waals surface area contributed by atoms with Gasteiger partial charge in [-0.25, -0.2) is 9.97 Å². The van der Waals surface area contributed by atoms with Gasteiger partial charge in [-0.2, -0.15) is 5.10 Å². The predicted octanol–water partition coefficient (Wildman–Crippen LogP) is 0.750. The van der Waals surface area contributed by atoms with Gasteiger partial charge >= 0.3 is 0 Å². The van der Waals surface area contributed by atoms with Crippen molar-refractivity contribution in [2.75, 3.05) is 7.11 Å². The maximum atomic E-state index is 6.19. The SMILES string of the molecule is CCn1ncc(OC)c1C(N)c1cncnc1. The number of aromatic nitrogens is 4. The van der Waals surface area contributed by atoms with Gasteiger partial charge in [-0.05, 0) is 6.92 Å². The molecular formula is C11H15N5O. The summed E-state index contributed by atoms with van der Waals surface area (Å²) in [5.41, 5.74) is 7.86. The van der Waals surface area contributed by atoms with E-state index in [4.69, 9.17) is 10.5 Å². The molecule has 2 rings (SSSR count). The van der Waals surface area contributed by atoms with Crippen molar-refractivity contribution < 1.29 is 4.74 Å². The average molecular weight is 233 g/mol. The van der Waals surface area contributed by atoms with E-state index in [1.54, 1.807) is 25.7 Å². The summed E-state index contributed by atoms with van der Waals surface area (Å²) in [5.74, 6) is 0.684. The molecule has 2 N–H and O–H groups in total. The molecule has 0 bridgehead atoms. The van der Waals surface area contributed by atoms with Crippen molar-refractivity contribution in [2.24, 2.45) is 5.73 Å². The van der Waals surface area contributed by atoms with E-state index in [9.17, 15) is 0 Å². The molecule has 2 aromatic rings. The maximum Gasteiger partial charge on any atom is 0.161 e. The van der Waals surface area contributed by atoms with Crippen molar-refractivity contribution in [1.29, 1.82) is 0 Å². The van der Waals surface area contributed by atoms with Crippen LogP contribution in [0.1, 0.15) is 24.2 Å². The fourth-order valence-electron chi connectivity index (χ4n) is 1.73. The Hall–Kier alpha value is -1.95. The Labute approximate surface area is 99.4 Å². The lowest BCUT2D eigenvalue weighted by Crippen LogP contribution is -2.18. The van der Waals surface area contributed by atoms with E-state index >= 15 is 0 Å². The summed E-state index contributed by atoms with van der Waals surface area (Å²) >= 11 is 0. The minimum absolute atomic E-state index is 0.339. The highest BCUT2D eigenvalue weighted by Crippen LogP contribution is 2.27. The first kappa shape index (κ1) is 11.5. The number of ether oxygens (including phenoxy) is 1. The monoisotopic (exact) mass is 233 g/mol. The smallest absolute Gasteiger partial charge is 0.161 e. The minimum atomic E-state index is -0.339. The lowest BCUT2D eigenvalue weighted by Gasteiger charge is -2.14. The van der Waals surface area contributed by atoms with Gasteiger partial charge < -0.3 is 10.5 Å². The summed E-state index contributed by atoms with van der Waals surface area (Å²) in [7, 11) is 1.61. The molecule has 2 heterocycles. The first-order chi connectivity index (χ1) is 8.27. The zero-order chi connectivity index (χ0) is 12.3. The topological polar surface area (TPSA) is 78.9 Å². The van der Waals surface area contributed by atoms with E-state index in [0.29, 0.717) is 5.75 Å². The van der Waals surface area contributed by atoms with Crippen molar-refractivity contribution in [3.8, 4) is 5.75 Å². The average Bonchev–Trinajstić information content (AvgIpc) is 2.81. The second-order valence-electron chi connectivity index (χ2n) is 3.56. The molecule has 0 spiro atoms. The van der Waals surface area contributed by atoms with Crippen LogP contribution >= 0.6 is 0 Å². The third-order valence-electron chi connectivity index (χ3n) is 2.60. The maximum absolute atomic E-state index is 6.19. The first-order valence-electron chi connectivity index (χ1n) is 5.38. The Bertz CT molecular complexity index is 460. The molecule has 0 aliphatic heterocycles. The molecule has 1 atom stereocenters. The van der Waals surface area contributed by atoms with Crippen molar-refractivity contribution >= 4 is 0 Å².